The maximum absolute atomic E-state index is 6.71. The van der Waals surface area contributed by atoms with Gasteiger partial charge in [-0.25, -0.2) is 15.0 Å². The molecule has 0 radical (unpaired) electrons. The smallest absolute Gasteiger partial charge is 0.164 e. The molecule has 0 aliphatic rings. The minimum atomic E-state index is 0.591. The van der Waals surface area contributed by atoms with Gasteiger partial charge in [0.15, 0.2) is 17.5 Å². The van der Waals surface area contributed by atoms with Crippen LogP contribution in [0.1, 0.15) is 0 Å². The fraction of sp³-hybridized carbons (Fsp3) is 0. The van der Waals surface area contributed by atoms with Crippen molar-refractivity contribution in [3.8, 4) is 67.5 Å². The number of rotatable bonds is 6. The van der Waals surface area contributed by atoms with E-state index in [1.54, 1.807) is 0 Å². The van der Waals surface area contributed by atoms with Crippen LogP contribution in [-0.2, 0) is 0 Å². The number of hydrogen-bond donors (Lipinski definition) is 0. The molecule has 4 nitrogen and oxygen atoms in total. The van der Waals surface area contributed by atoms with Gasteiger partial charge in [0.05, 0.1) is 0 Å². The summed E-state index contributed by atoms with van der Waals surface area (Å²) in [6, 6.07) is 65.7. The molecule has 0 atom stereocenters. The van der Waals surface area contributed by atoms with Crippen LogP contribution in [-0.4, -0.2) is 15.0 Å². The summed E-state index contributed by atoms with van der Waals surface area (Å²) in [5.74, 6) is 1.83. The van der Waals surface area contributed by atoms with E-state index < -0.39 is 0 Å². The Bertz CT molecular complexity index is 3220. The molecule has 0 N–H and O–H groups in total. The summed E-state index contributed by atoms with van der Waals surface area (Å²) >= 11 is 1.85. The van der Waals surface area contributed by atoms with Crippen LogP contribution in [0.25, 0.3) is 110 Å². The number of hydrogen-bond acceptors (Lipinski definition) is 5. The first-order valence-corrected chi connectivity index (χ1v) is 19.5. The molecular weight excluding hydrogens is 703 g/mol. The lowest BCUT2D eigenvalue weighted by Gasteiger charge is -2.09. The molecule has 3 aromatic heterocycles. The molecule has 8 aromatic carbocycles. The zero-order valence-corrected chi connectivity index (χ0v) is 30.9. The van der Waals surface area contributed by atoms with E-state index in [2.05, 4.69) is 152 Å². The van der Waals surface area contributed by atoms with Crippen molar-refractivity contribution in [1.82, 2.24) is 15.0 Å². The summed E-state index contributed by atoms with van der Waals surface area (Å²) in [4.78, 5) is 15.0. The number of para-hydroxylation sites is 1. The molecule has 11 aromatic rings. The molecule has 56 heavy (non-hydrogen) atoms. The van der Waals surface area contributed by atoms with Crippen LogP contribution < -0.4 is 0 Å². The van der Waals surface area contributed by atoms with Crippen molar-refractivity contribution >= 4 is 53.4 Å². The number of benzene rings is 8. The minimum absolute atomic E-state index is 0.591. The highest BCUT2D eigenvalue weighted by atomic mass is 32.1. The summed E-state index contributed by atoms with van der Waals surface area (Å²) in [6.07, 6.45) is 0. The summed E-state index contributed by atoms with van der Waals surface area (Å²) in [5, 5.41) is 4.74. The Morgan fingerprint density at radius 3 is 1.59 bits per heavy atom. The fourth-order valence-electron chi connectivity index (χ4n) is 7.71. The van der Waals surface area contributed by atoms with Crippen molar-refractivity contribution in [2.45, 2.75) is 0 Å². The van der Waals surface area contributed by atoms with Gasteiger partial charge in [-0.2, -0.15) is 0 Å². The number of aromatic nitrogens is 3. The Morgan fingerprint density at radius 2 is 0.839 bits per heavy atom. The van der Waals surface area contributed by atoms with Crippen molar-refractivity contribution < 1.29 is 4.42 Å². The van der Waals surface area contributed by atoms with E-state index in [1.165, 1.54) is 36.9 Å². The lowest BCUT2D eigenvalue weighted by atomic mass is 9.98. The van der Waals surface area contributed by atoms with Gasteiger partial charge in [0.2, 0.25) is 0 Å². The number of nitrogens with zero attached hydrogens (tertiary/aromatic N) is 3. The first kappa shape index (κ1) is 32.2. The van der Waals surface area contributed by atoms with E-state index in [0.717, 1.165) is 55.3 Å². The van der Waals surface area contributed by atoms with E-state index in [1.807, 2.05) is 47.7 Å². The lowest BCUT2D eigenvalue weighted by Crippen LogP contribution is -2.00. The van der Waals surface area contributed by atoms with Crippen LogP contribution in [0, 0.1) is 0 Å². The van der Waals surface area contributed by atoms with Crippen LogP contribution in [0.4, 0.5) is 0 Å². The van der Waals surface area contributed by atoms with Crippen molar-refractivity contribution in [2.75, 3.05) is 0 Å². The zero-order chi connectivity index (χ0) is 37.0. The summed E-state index contributed by atoms with van der Waals surface area (Å²) < 4.78 is 9.34. The molecule has 0 fully saturated rings. The van der Waals surface area contributed by atoms with Gasteiger partial charge in [0.25, 0.3) is 0 Å². The van der Waals surface area contributed by atoms with Gasteiger partial charge in [0.1, 0.15) is 11.2 Å². The Morgan fingerprint density at radius 1 is 0.321 bits per heavy atom. The number of furan rings is 1. The normalized spacial score (nSPS) is 11.6. The second-order valence-corrected chi connectivity index (χ2v) is 15.1. The van der Waals surface area contributed by atoms with Crippen LogP contribution in [0.15, 0.2) is 192 Å². The third kappa shape index (κ3) is 5.65. The van der Waals surface area contributed by atoms with Crippen molar-refractivity contribution in [2.24, 2.45) is 0 Å². The molecule has 5 heteroatoms. The molecule has 0 saturated heterocycles. The Balaban J connectivity index is 0.961. The van der Waals surface area contributed by atoms with Gasteiger partial charge in [-0.3, -0.25) is 0 Å². The van der Waals surface area contributed by atoms with Crippen LogP contribution >= 0.6 is 11.3 Å². The largest absolute Gasteiger partial charge is 0.455 e. The van der Waals surface area contributed by atoms with Crippen molar-refractivity contribution in [3.05, 3.63) is 188 Å². The Hall–Kier alpha value is -7.21. The first-order chi connectivity index (χ1) is 27.7. The molecule has 0 amide bonds. The molecule has 0 spiro atoms. The second kappa shape index (κ2) is 13.3. The van der Waals surface area contributed by atoms with Crippen molar-refractivity contribution in [3.63, 3.8) is 0 Å². The van der Waals surface area contributed by atoms with Crippen LogP contribution in [0.5, 0.6) is 0 Å². The molecule has 0 aliphatic heterocycles. The molecule has 0 aliphatic carbocycles. The van der Waals surface area contributed by atoms with E-state index in [4.69, 9.17) is 19.4 Å². The predicted octanol–water partition coefficient (Wildman–Crippen LogP) is 14.1. The molecule has 0 saturated carbocycles. The average Bonchev–Trinajstić information content (AvgIpc) is 3.85. The van der Waals surface area contributed by atoms with Gasteiger partial charge in [-0.1, -0.05) is 158 Å². The van der Waals surface area contributed by atoms with Gasteiger partial charge in [0, 0.05) is 53.2 Å². The van der Waals surface area contributed by atoms with Gasteiger partial charge < -0.3 is 4.42 Å². The molecule has 0 unspecified atom stereocenters. The summed E-state index contributed by atoms with van der Waals surface area (Å²) in [7, 11) is 0. The second-order valence-electron chi connectivity index (χ2n) is 14.0. The number of thiophene rings is 1. The Kier molecular flexibility index (Phi) is 7.64. The molecular formula is C51H31N3OS. The quantitative estimate of drug-likeness (QED) is 0.171. The highest BCUT2D eigenvalue weighted by Gasteiger charge is 2.17. The van der Waals surface area contributed by atoms with E-state index in [-0.39, 0.29) is 0 Å². The monoisotopic (exact) mass is 733 g/mol. The standard InChI is InChI=1S/C51H31N3OS/c1-3-10-32(11-4-1)33-20-24-37(25-21-33)50-52-49(36-12-5-2-6-13-36)53-51(54-50)39-26-28-41-43-16-9-15-40(48(43)55-45(41)31-39)35-22-18-34(19-23-35)38-27-29-47-44(30-38)42-14-7-8-17-46(42)56-47/h1-31H. The van der Waals surface area contributed by atoms with Gasteiger partial charge >= 0.3 is 0 Å². The SMILES string of the molecule is c1ccc(-c2ccc(-c3nc(-c4ccccc4)nc(-c4ccc5c(c4)oc4c(-c6ccc(-c7ccc8sc9ccccc9c8c7)cc6)cccc45)n3)cc2)cc1. The van der Waals surface area contributed by atoms with Crippen LogP contribution in [0.3, 0.4) is 0 Å². The van der Waals surface area contributed by atoms with E-state index in [9.17, 15) is 0 Å². The summed E-state index contributed by atoms with van der Waals surface area (Å²) in [5.41, 5.74) is 11.2. The van der Waals surface area contributed by atoms with Crippen LogP contribution in [0.2, 0.25) is 0 Å². The van der Waals surface area contributed by atoms with Gasteiger partial charge in [-0.15, -0.1) is 11.3 Å². The molecule has 262 valence electrons. The van der Waals surface area contributed by atoms with E-state index >= 15 is 0 Å². The van der Waals surface area contributed by atoms with Crippen molar-refractivity contribution in [1.29, 1.82) is 0 Å². The topological polar surface area (TPSA) is 51.8 Å². The highest BCUT2D eigenvalue weighted by molar-refractivity contribution is 7.25. The van der Waals surface area contributed by atoms with E-state index in [0.29, 0.717) is 17.5 Å². The Labute approximate surface area is 327 Å². The first-order valence-electron chi connectivity index (χ1n) is 18.7. The maximum atomic E-state index is 6.71. The molecule has 3 heterocycles. The fourth-order valence-corrected chi connectivity index (χ4v) is 8.79. The maximum Gasteiger partial charge on any atom is 0.164 e. The third-order valence-electron chi connectivity index (χ3n) is 10.6. The molecule has 0 bridgehead atoms. The molecule has 11 rings (SSSR count). The minimum Gasteiger partial charge on any atom is -0.455 e. The predicted molar refractivity (Wildman–Crippen MR) is 233 cm³/mol. The number of fused-ring (bicyclic) bond motifs is 6. The summed E-state index contributed by atoms with van der Waals surface area (Å²) in [6.45, 7) is 0. The highest BCUT2D eigenvalue weighted by Crippen LogP contribution is 2.40. The third-order valence-corrected chi connectivity index (χ3v) is 11.7. The zero-order valence-electron chi connectivity index (χ0n) is 30.1. The average molecular weight is 734 g/mol. The lowest BCUT2D eigenvalue weighted by molar-refractivity contribution is 0.670. The van der Waals surface area contributed by atoms with Gasteiger partial charge in [-0.05, 0) is 58.1 Å².